The molecule has 7 aromatic carbocycles. The number of unbranched alkanes of at least 4 members (excludes halogenated alkanes) is 18. The highest BCUT2D eigenvalue weighted by Gasteiger charge is 2.20. The minimum atomic E-state index is -0.616. The summed E-state index contributed by atoms with van der Waals surface area (Å²) in [6, 6.07) is 48.2. The number of benzene rings is 7. The van der Waals surface area contributed by atoms with E-state index < -0.39 is 23.9 Å². The molecule has 7 rings (SSSR count). The van der Waals surface area contributed by atoms with Crippen molar-refractivity contribution in [3.8, 4) is 45.3 Å². The molecule has 0 N–H and O–H groups in total. The molecule has 0 unspecified atom stereocenters. The first-order chi connectivity index (χ1) is 40.1. The molecule has 0 aliphatic heterocycles. The first-order valence-corrected chi connectivity index (χ1v) is 30.8. The Hall–Kier alpha value is -7.58. The van der Waals surface area contributed by atoms with Crippen LogP contribution in [0.1, 0.15) is 220 Å². The number of carbonyl (C=O) groups is 4. The van der Waals surface area contributed by atoms with Crippen LogP contribution in [0.15, 0.2) is 158 Å². The quantitative estimate of drug-likeness (QED) is 0.0223. The van der Waals surface area contributed by atoms with Gasteiger partial charge in [0.15, 0.2) is 0 Å². The highest BCUT2D eigenvalue weighted by atomic mass is 16.6. The van der Waals surface area contributed by atoms with Crippen molar-refractivity contribution in [3.05, 3.63) is 202 Å². The van der Waals surface area contributed by atoms with Crippen molar-refractivity contribution in [1.82, 2.24) is 0 Å². The maximum Gasteiger partial charge on any atom is 0.343 e. The Labute approximate surface area is 489 Å². The normalized spacial score (nSPS) is 11.1. The highest BCUT2D eigenvalue weighted by Crippen LogP contribution is 2.29. The van der Waals surface area contributed by atoms with Crippen LogP contribution >= 0.6 is 0 Å². The summed E-state index contributed by atoms with van der Waals surface area (Å²) in [5.74, 6) is -1.27. The molecule has 0 saturated carbocycles. The highest BCUT2D eigenvalue weighted by molar-refractivity contribution is 5.96. The zero-order chi connectivity index (χ0) is 57.7. The molecule has 0 spiro atoms. The van der Waals surface area contributed by atoms with Crippen molar-refractivity contribution in [3.63, 3.8) is 0 Å². The van der Waals surface area contributed by atoms with E-state index in [0.717, 1.165) is 35.1 Å². The summed E-state index contributed by atoms with van der Waals surface area (Å²) in [7, 11) is 0. The van der Waals surface area contributed by atoms with E-state index in [4.69, 9.17) is 18.9 Å². The molecule has 0 aromatic heterocycles. The molecule has 7 aromatic rings. The van der Waals surface area contributed by atoms with Crippen LogP contribution in [0.2, 0.25) is 0 Å². The van der Waals surface area contributed by atoms with Gasteiger partial charge < -0.3 is 18.9 Å². The third kappa shape index (κ3) is 19.8. The summed E-state index contributed by atoms with van der Waals surface area (Å²) >= 11 is 0. The second-order valence-electron chi connectivity index (χ2n) is 21.8. The first kappa shape index (κ1) is 62.0. The lowest BCUT2D eigenvalue weighted by Gasteiger charge is -2.13. The molecule has 0 amide bonds. The zero-order valence-corrected chi connectivity index (χ0v) is 49.2. The number of carbonyl (C=O) groups excluding carboxylic acids is 4. The van der Waals surface area contributed by atoms with Crippen molar-refractivity contribution in [2.24, 2.45) is 0 Å². The van der Waals surface area contributed by atoms with Gasteiger partial charge in [0, 0.05) is 6.07 Å². The van der Waals surface area contributed by atoms with E-state index in [-0.39, 0.29) is 11.5 Å². The van der Waals surface area contributed by atoms with Gasteiger partial charge in [0.25, 0.3) is 0 Å². The van der Waals surface area contributed by atoms with Crippen LogP contribution in [-0.2, 0) is 25.7 Å². The van der Waals surface area contributed by atoms with Gasteiger partial charge in [-0.05, 0) is 156 Å². The average molecular weight is 1100 g/mol. The molecule has 0 fully saturated rings. The summed E-state index contributed by atoms with van der Waals surface area (Å²) in [5.41, 5.74) is 9.62. The van der Waals surface area contributed by atoms with E-state index in [1.807, 2.05) is 38.1 Å². The monoisotopic (exact) mass is 1100 g/mol. The molecular formula is C74H86O8. The molecule has 8 nitrogen and oxygen atoms in total. The van der Waals surface area contributed by atoms with Gasteiger partial charge in [-0.1, -0.05) is 222 Å². The van der Waals surface area contributed by atoms with Crippen molar-refractivity contribution < 1.29 is 38.1 Å². The molecule has 82 heavy (non-hydrogen) atoms. The predicted octanol–water partition coefficient (Wildman–Crippen LogP) is 19.9. The molecule has 0 heterocycles. The maximum atomic E-state index is 13.6. The summed E-state index contributed by atoms with van der Waals surface area (Å²) < 4.78 is 23.1. The third-order valence-electron chi connectivity index (χ3n) is 15.5. The number of aryl methyl sites for hydroxylation is 4. The van der Waals surface area contributed by atoms with Gasteiger partial charge in [0.1, 0.15) is 23.0 Å². The maximum absolute atomic E-state index is 13.6. The Bertz CT molecular complexity index is 2880. The lowest BCUT2D eigenvalue weighted by atomic mass is 10.00. The molecule has 430 valence electrons. The average Bonchev–Trinajstić information content (AvgIpc) is 3.61. The predicted molar refractivity (Wildman–Crippen MR) is 333 cm³/mol. The smallest absolute Gasteiger partial charge is 0.343 e. The summed E-state index contributed by atoms with van der Waals surface area (Å²) in [6.07, 6.45) is 29.7. The van der Waals surface area contributed by atoms with Gasteiger partial charge >= 0.3 is 23.9 Å². The van der Waals surface area contributed by atoms with Gasteiger partial charge in [-0.15, -0.1) is 0 Å². The Morgan fingerprint density at radius 1 is 0.293 bits per heavy atom. The lowest BCUT2D eigenvalue weighted by Crippen LogP contribution is -2.14. The van der Waals surface area contributed by atoms with Gasteiger partial charge in [-0.25, -0.2) is 19.2 Å². The van der Waals surface area contributed by atoms with Crippen LogP contribution < -0.4 is 18.9 Å². The fourth-order valence-electron chi connectivity index (χ4n) is 10.5. The SMILES string of the molecule is CCCCCCCCCCCCc1ccc(-c2ccc(C(=O)Oc3ccc(C(=O)Oc4cccc(OC(=O)c5ccc(OC(=O)c6ccc(-c7ccc(CCCCCCCCCCCC)cc7)cc6)cc5CC)c4)c(CC)c3)cc2)cc1. The zero-order valence-electron chi connectivity index (χ0n) is 49.2. The van der Waals surface area contributed by atoms with E-state index in [9.17, 15) is 19.2 Å². The fourth-order valence-corrected chi connectivity index (χ4v) is 10.5. The number of hydrogen-bond donors (Lipinski definition) is 0. The van der Waals surface area contributed by atoms with Crippen molar-refractivity contribution in [2.75, 3.05) is 0 Å². The third-order valence-corrected chi connectivity index (χ3v) is 15.5. The number of hydrogen-bond acceptors (Lipinski definition) is 8. The van der Waals surface area contributed by atoms with E-state index in [1.165, 1.54) is 146 Å². The van der Waals surface area contributed by atoms with Crippen LogP contribution in [0, 0.1) is 0 Å². The molecular weight excluding hydrogens is 1020 g/mol. The number of ether oxygens (including phenoxy) is 4. The van der Waals surface area contributed by atoms with E-state index in [0.29, 0.717) is 57.7 Å². The Morgan fingerprint density at radius 3 is 0.915 bits per heavy atom. The van der Waals surface area contributed by atoms with Crippen LogP contribution in [0.3, 0.4) is 0 Å². The minimum absolute atomic E-state index is 0.176. The summed E-state index contributed by atoms with van der Waals surface area (Å²) in [5, 5.41) is 0. The molecule has 0 bridgehead atoms. The Balaban J connectivity index is 0.845. The second-order valence-corrected chi connectivity index (χ2v) is 21.8. The first-order valence-electron chi connectivity index (χ1n) is 30.8. The van der Waals surface area contributed by atoms with Gasteiger partial charge in [0.2, 0.25) is 0 Å². The van der Waals surface area contributed by atoms with E-state index in [1.54, 1.807) is 78.9 Å². The van der Waals surface area contributed by atoms with Crippen LogP contribution in [0.25, 0.3) is 22.3 Å². The second kappa shape index (κ2) is 34.0. The fraction of sp³-hybridized carbons (Fsp3) is 0.378. The number of rotatable bonds is 34. The molecule has 0 aliphatic rings. The van der Waals surface area contributed by atoms with Crippen LogP contribution in [0.4, 0.5) is 0 Å². The standard InChI is InChI=1S/C74H86O8/c1-5-9-11-13-15-17-19-21-23-25-28-55-32-36-59(37-33-55)61-40-44-63(45-41-61)71(75)79-67-48-50-69(57(7-3)52-67)73(77)81-65-30-27-31-66(54-65)82-74(78)70-51-49-68(53-58(70)8-4)80-72(76)64-46-42-62(43-47-64)60-38-34-56(35-39-60)29-26-24-22-20-18-16-14-12-10-6-2/h27,30-54H,5-26,28-29H2,1-4H3. The number of esters is 4. The van der Waals surface area contributed by atoms with Crippen molar-refractivity contribution in [2.45, 2.75) is 182 Å². The topological polar surface area (TPSA) is 105 Å². The van der Waals surface area contributed by atoms with Crippen molar-refractivity contribution in [1.29, 1.82) is 0 Å². The van der Waals surface area contributed by atoms with Crippen molar-refractivity contribution >= 4 is 23.9 Å². The lowest BCUT2D eigenvalue weighted by molar-refractivity contribution is 0.0722. The summed E-state index contributed by atoms with van der Waals surface area (Å²) in [4.78, 5) is 53.7. The molecule has 8 heteroatoms. The molecule has 0 radical (unpaired) electrons. The van der Waals surface area contributed by atoms with Gasteiger partial charge in [-0.3, -0.25) is 0 Å². The van der Waals surface area contributed by atoms with Crippen LogP contribution in [-0.4, -0.2) is 23.9 Å². The summed E-state index contributed by atoms with van der Waals surface area (Å²) in [6.45, 7) is 8.33. The molecule has 0 aliphatic carbocycles. The Kier molecular flexibility index (Phi) is 25.7. The Morgan fingerprint density at radius 2 is 0.585 bits per heavy atom. The molecule has 0 atom stereocenters. The largest absolute Gasteiger partial charge is 0.423 e. The van der Waals surface area contributed by atoms with E-state index in [2.05, 4.69) is 62.4 Å². The molecule has 0 saturated heterocycles. The van der Waals surface area contributed by atoms with Gasteiger partial charge in [0.05, 0.1) is 22.3 Å². The minimum Gasteiger partial charge on any atom is -0.423 e. The van der Waals surface area contributed by atoms with Crippen LogP contribution in [0.5, 0.6) is 23.0 Å². The van der Waals surface area contributed by atoms with E-state index >= 15 is 0 Å². The van der Waals surface area contributed by atoms with Gasteiger partial charge in [-0.2, -0.15) is 0 Å².